The molecule has 0 bridgehead atoms. The summed E-state index contributed by atoms with van der Waals surface area (Å²) in [6.45, 7) is 15.2. The molecule has 4 rings (SSSR count). The van der Waals surface area contributed by atoms with Crippen molar-refractivity contribution in [3.63, 3.8) is 0 Å². The Kier molecular flexibility index (Phi) is 6.72. The number of carbonyl (C=O) groups is 2. The van der Waals surface area contributed by atoms with E-state index in [2.05, 4.69) is 53.7 Å². The standard InChI is InChI=1S/C30H46O4/c1-18(2)19(3)8-9-20(4)24-10-11-25-23-16-27(32)30(33)17-22(34-21(5)31)12-15-29(30,7)26(23)13-14-28(24,25)6/h8-9,16,18-20,22,24-26,33H,10-15,17H2,1-7H3/b9-8+/t19-,20+,22-,24+,25?,26?,28+,29+,30-/m0/s1. The van der Waals surface area contributed by atoms with Crippen LogP contribution >= 0.6 is 0 Å². The Labute approximate surface area is 206 Å². The normalized spacial score (nSPS) is 43.7. The van der Waals surface area contributed by atoms with Crippen LogP contribution in [0.2, 0.25) is 0 Å². The fraction of sp³-hybridized carbons (Fsp3) is 0.800. The Morgan fingerprint density at radius 3 is 2.41 bits per heavy atom. The van der Waals surface area contributed by atoms with E-state index >= 15 is 0 Å². The van der Waals surface area contributed by atoms with E-state index in [0.717, 1.165) is 25.7 Å². The molecule has 9 atom stereocenters. The fourth-order valence-electron chi connectivity index (χ4n) is 8.28. The van der Waals surface area contributed by atoms with Gasteiger partial charge in [0.2, 0.25) is 0 Å². The molecule has 34 heavy (non-hydrogen) atoms. The van der Waals surface area contributed by atoms with Crippen LogP contribution in [-0.4, -0.2) is 28.6 Å². The van der Waals surface area contributed by atoms with Gasteiger partial charge in [-0.05, 0) is 85.5 Å². The van der Waals surface area contributed by atoms with Crippen molar-refractivity contribution in [1.82, 2.24) is 0 Å². The van der Waals surface area contributed by atoms with Crippen LogP contribution in [0.3, 0.4) is 0 Å². The smallest absolute Gasteiger partial charge is 0.302 e. The zero-order valence-electron chi connectivity index (χ0n) is 22.4. The maximum atomic E-state index is 13.5. The van der Waals surface area contributed by atoms with Gasteiger partial charge >= 0.3 is 5.97 Å². The summed E-state index contributed by atoms with van der Waals surface area (Å²) in [5.74, 6) is 2.54. The highest BCUT2D eigenvalue weighted by molar-refractivity contribution is 5.99. The van der Waals surface area contributed by atoms with Gasteiger partial charge in [-0.3, -0.25) is 9.59 Å². The van der Waals surface area contributed by atoms with Crippen molar-refractivity contribution in [2.24, 2.45) is 46.3 Å². The van der Waals surface area contributed by atoms with Crippen LogP contribution in [0.25, 0.3) is 0 Å². The quantitative estimate of drug-likeness (QED) is 0.380. The molecule has 0 heterocycles. The number of allylic oxidation sites excluding steroid dienone is 3. The first kappa shape index (κ1) is 25.7. The summed E-state index contributed by atoms with van der Waals surface area (Å²) >= 11 is 0. The molecule has 0 aromatic carbocycles. The molecule has 0 radical (unpaired) electrons. The number of rotatable bonds is 5. The molecule has 1 N–H and O–H groups in total. The van der Waals surface area contributed by atoms with Gasteiger partial charge in [-0.15, -0.1) is 0 Å². The van der Waals surface area contributed by atoms with Crippen LogP contribution in [0.1, 0.15) is 93.4 Å². The first-order chi connectivity index (χ1) is 15.8. The second-order valence-corrected chi connectivity index (χ2v) is 12.9. The maximum Gasteiger partial charge on any atom is 0.302 e. The van der Waals surface area contributed by atoms with E-state index in [4.69, 9.17) is 4.74 Å². The third-order valence-corrected chi connectivity index (χ3v) is 10.9. The van der Waals surface area contributed by atoms with E-state index in [9.17, 15) is 14.7 Å². The summed E-state index contributed by atoms with van der Waals surface area (Å²) < 4.78 is 5.44. The highest BCUT2D eigenvalue weighted by Crippen LogP contribution is 2.67. The van der Waals surface area contributed by atoms with Crippen molar-refractivity contribution >= 4 is 11.8 Å². The molecule has 0 aliphatic heterocycles. The Morgan fingerprint density at radius 2 is 1.76 bits per heavy atom. The van der Waals surface area contributed by atoms with Gasteiger partial charge in [-0.1, -0.05) is 59.3 Å². The number of ether oxygens (including phenoxy) is 1. The van der Waals surface area contributed by atoms with E-state index in [1.165, 1.54) is 18.9 Å². The fourth-order valence-corrected chi connectivity index (χ4v) is 8.28. The molecule has 0 saturated heterocycles. The molecule has 4 aliphatic carbocycles. The van der Waals surface area contributed by atoms with Gasteiger partial charge in [0, 0.05) is 18.8 Å². The Bertz CT molecular complexity index is 886. The van der Waals surface area contributed by atoms with Gasteiger partial charge in [-0.2, -0.15) is 0 Å². The number of esters is 1. The van der Waals surface area contributed by atoms with E-state index < -0.39 is 11.0 Å². The Hall–Kier alpha value is -1.42. The van der Waals surface area contributed by atoms with Crippen molar-refractivity contribution in [3.05, 3.63) is 23.8 Å². The molecule has 190 valence electrons. The van der Waals surface area contributed by atoms with Gasteiger partial charge in [0.25, 0.3) is 0 Å². The van der Waals surface area contributed by atoms with E-state index in [1.54, 1.807) is 0 Å². The maximum absolute atomic E-state index is 13.5. The summed E-state index contributed by atoms with van der Waals surface area (Å²) in [6, 6.07) is 0. The van der Waals surface area contributed by atoms with Crippen LogP contribution in [0.4, 0.5) is 0 Å². The van der Waals surface area contributed by atoms with Crippen molar-refractivity contribution < 1.29 is 19.4 Å². The van der Waals surface area contributed by atoms with Crippen molar-refractivity contribution in [2.75, 3.05) is 0 Å². The Balaban J connectivity index is 1.60. The molecule has 0 spiro atoms. The highest BCUT2D eigenvalue weighted by atomic mass is 16.5. The first-order valence-electron chi connectivity index (χ1n) is 13.7. The molecule has 4 heteroatoms. The summed E-state index contributed by atoms with van der Waals surface area (Å²) in [6.07, 6.45) is 12.5. The SMILES string of the molecule is CC(=O)O[C@H]1CC[C@]2(C)C3CC[C@@]4(C)C(CC[C@@H]4[C@H](C)/C=C/[C@H](C)C(C)C)C3=CC(=O)[C@@]2(O)C1. The molecular formula is C30H46O4. The number of aliphatic hydroxyl groups is 1. The minimum Gasteiger partial charge on any atom is -0.462 e. The lowest BCUT2D eigenvalue weighted by Crippen LogP contribution is -2.64. The van der Waals surface area contributed by atoms with Gasteiger partial charge in [0.15, 0.2) is 5.78 Å². The van der Waals surface area contributed by atoms with Gasteiger partial charge in [0.05, 0.1) is 0 Å². The molecule has 0 amide bonds. The third-order valence-electron chi connectivity index (χ3n) is 10.9. The topological polar surface area (TPSA) is 63.6 Å². The summed E-state index contributed by atoms with van der Waals surface area (Å²) in [5, 5.41) is 11.8. The molecule has 4 aliphatic rings. The van der Waals surface area contributed by atoms with Crippen LogP contribution in [0.15, 0.2) is 23.8 Å². The van der Waals surface area contributed by atoms with Crippen LogP contribution in [0.5, 0.6) is 0 Å². The average molecular weight is 471 g/mol. The van der Waals surface area contributed by atoms with Crippen LogP contribution < -0.4 is 0 Å². The van der Waals surface area contributed by atoms with Crippen molar-refractivity contribution in [3.8, 4) is 0 Å². The second kappa shape index (κ2) is 8.91. The minimum atomic E-state index is -1.44. The van der Waals surface area contributed by atoms with Crippen molar-refractivity contribution in [2.45, 2.75) is 105 Å². The minimum absolute atomic E-state index is 0.162. The van der Waals surface area contributed by atoms with E-state index in [1.807, 2.05) is 6.08 Å². The van der Waals surface area contributed by atoms with E-state index in [-0.39, 0.29) is 35.6 Å². The molecule has 0 aromatic rings. The lowest BCUT2D eigenvalue weighted by Gasteiger charge is -2.60. The lowest BCUT2D eigenvalue weighted by molar-refractivity contribution is -0.188. The molecule has 3 saturated carbocycles. The molecule has 0 aromatic heterocycles. The predicted molar refractivity (Wildman–Crippen MR) is 135 cm³/mol. The number of hydrogen-bond donors (Lipinski definition) is 1. The lowest BCUT2D eigenvalue weighted by atomic mass is 9.46. The molecule has 2 unspecified atom stereocenters. The van der Waals surface area contributed by atoms with Crippen molar-refractivity contribution in [1.29, 1.82) is 0 Å². The van der Waals surface area contributed by atoms with Gasteiger partial charge in [-0.25, -0.2) is 0 Å². The van der Waals surface area contributed by atoms with Gasteiger partial charge < -0.3 is 9.84 Å². The average Bonchev–Trinajstić information content (AvgIpc) is 3.11. The highest BCUT2D eigenvalue weighted by Gasteiger charge is 2.65. The number of carbonyl (C=O) groups excluding carboxylic acids is 2. The summed E-state index contributed by atoms with van der Waals surface area (Å²) in [4.78, 5) is 25.0. The van der Waals surface area contributed by atoms with Crippen LogP contribution in [0, 0.1) is 46.3 Å². The predicted octanol–water partition coefficient (Wildman–Crippen LogP) is 6.28. The molecule has 4 nitrogen and oxygen atoms in total. The zero-order chi connectivity index (χ0) is 25.1. The second-order valence-electron chi connectivity index (χ2n) is 12.9. The van der Waals surface area contributed by atoms with E-state index in [0.29, 0.717) is 36.0 Å². The number of ketones is 1. The summed E-state index contributed by atoms with van der Waals surface area (Å²) in [5.41, 5.74) is -0.406. The number of hydrogen-bond acceptors (Lipinski definition) is 4. The van der Waals surface area contributed by atoms with Crippen LogP contribution in [-0.2, 0) is 14.3 Å². The number of fused-ring (bicyclic) bond motifs is 5. The zero-order valence-corrected chi connectivity index (χ0v) is 22.4. The molecule has 3 fully saturated rings. The largest absolute Gasteiger partial charge is 0.462 e. The summed E-state index contributed by atoms with van der Waals surface area (Å²) in [7, 11) is 0. The monoisotopic (exact) mass is 470 g/mol. The Morgan fingerprint density at radius 1 is 1.06 bits per heavy atom. The first-order valence-corrected chi connectivity index (χ1v) is 13.7. The molecular weight excluding hydrogens is 424 g/mol. The van der Waals surface area contributed by atoms with Gasteiger partial charge in [0.1, 0.15) is 11.7 Å². The third kappa shape index (κ3) is 3.92.